The standard InChI is InChI=1S/C21H23N5O2/c1-27-17-8-6-16(7-9-17)24-20-14-21(23-15-22-20)25-18-4-2-3-5-19(18)26-10-12-28-13-11-26/h2-9,14-15H,10-13H2,1H3,(H2,22,23,24,25). The average molecular weight is 377 g/mol. The van der Waals surface area contributed by atoms with Crippen molar-refractivity contribution in [3.63, 3.8) is 0 Å². The fraction of sp³-hybridized carbons (Fsp3) is 0.238. The van der Waals surface area contributed by atoms with Crippen LogP contribution in [0.4, 0.5) is 28.7 Å². The highest BCUT2D eigenvalue weighted by Gasteiger charge is 2.14. The second-order valence-electron chi connectivity index (χ2n) is 6.38. The van der Waals surface area contributed by atoms with Crippen LogP contribution in [-0.4, -0.2) is 43.4 Å². The molecule has 1 fully saturated rings. The van der Waals surface area contributed by atoms with Gasteiger partial charge in [-0.05, 0) is 36.4 Å². The normalized spacial score (nSPS) is 13.8. The Kier molecular flexibility index (Phi) is 5.53. The highest BCUT2D eigenvalue weighted by molar-refractivity contribution is 5.75. The number of para-hydroxylation sites is 2. The number of methoxy groups -OCH3 is 1. The van der Waals surface area contributed by atoms with Crippen LogP contribution < -0.4 is 20.3 Å². The Morgan fingerprint density at radius 3 is 2.39 bits per heavy atom. The molecule has 0 unspecified atom stereocenters. The van der Waals surface area contributed by atoms with Gasteiger partial charge in [-0.3, -0.25) is 0 Å². The second kappa shape index (κ2) is 8.58. The lowest BCUT2D eigenvalue weighted by Gasteiger charge is -2.30. The molecule has 2 N–H and O–H groups in total. The number of anilines is 5. The second-order valence-corrected chi connectivity index (χ2v) is 6.38. The third-order valence-electron chi connectivity index (χ3n) is 4.55. The highest BCUT2D eigenvalue weighted by atomic mass is 16.5. The number of aromatic nitrogens is 2. The Morgan fingerprint density at radius 2 is 1.64 bits per heavy atom. The topological polar surface area (TPSA) is 71.5 Å². The molecule has 0 bridgehead atoms. The van der Waals surface area contributed by atoms with Gasteiger partial charge in [0.1, 0.15) is 23.7 Å². The van der Waals surface area contributed by atoms with Crippen LogP contribution >= 0.6 is 0 Å². The zero-order valence-corrected chi connectivity index (χ0v) is 15.8. The number of nitrogens with zero attached hydrogens (tertiary/aromatic N) is 3. The molecule has 2 aromatic carbocycles. The molecule has 0 spiro atoms. The molecule has 1 aromatic heterocycles. The zero-order valence-electron chi connectivity index (χ0n) is 15.8. The van der Waals surface area contributed by atoms with E-state index in [2.05, 4.69) is 37.6 Å². The Hall–Kier alpha value is -3.32. The third kappa shape index (κ3) is 4.32. The van der Waals surface area contributed by atoms with E-state index in [1.54, 1.807) is 13.4 Å². The van der Waals surface area contributed by atoms with Crippen molar-refractivity contribution in [1.82, 2.24) is 9.97 Å². The lowest BCUT2D eigenvalue weighted by Crippen LogP contribution is -2.36. The average Bonchev–Trinajstić information content (AvgIpc) is 2.76. The lowest BCUT2D eigenvalue weighted by molar-refractivity contribution is 0.123. The van der Waals surface area contributed by atoms with Gasteiger partial charge in [0.15, 0.2) is 0 Å². The molecule has 3 aromatic rings. The van der Waals surface area contributed by atoms with Gasteiger partial charge in [0.25, 0.3) is 0 Å². The smallest absolute Gasteiger partial charge is 0.135 e. The van der Waals surface area contributed by atoms with Crippen molar-refractivity contribution in [2.75, 3.05) is 48.9 Å². The first-order chi connectivity index (χ1) is 13.8. The first-order valence-electron chi connectivity index (χ1n) is 9.24. The first kappa shape index (κ1) is 18.1. The Balaban J connectivity index is 1.50. The summed E-state index contributed by atoms with van der Waals surface area (Å²) in [6, 6.07) is 17.8. The van der Waals surface area contributed by atoms with Gasteiger partial charge in [-0.1, -0.05) is 12.1 Å². The van der Waals surface area contributed by atoms with Crippen molar-refractivity contribution in [3.05, 3.63) is 60.9 Å². The molecule has 7 nitrogen and oxygen atoms in total. The van der Waals surface area contributed by atoms with Gasteiger partial charge in [-0.15, -0.1) is 0 Å². The quantitative estimate of drug-likeness (QED) is 0.677. The summed E-state index contributed by atoms with van der Waals surface area (Å²) >= 11 is 0. The van der Waals surface area contributed by atoms with Crippen LogP contribution in [0.1, 0.15) is 0 Å². The molecule has 7 heteroatoms. The van der Waals surface area contributed by atoms with Crippen LogP contribution in [-0.2, 0) is 4.74 Å². The van der Waals surface area contributed by atoms with Crippen LogP contribution in [0.5, 0.6) is 5.75 Å². The molecular weight excluding hydrogens is 354 g/mol. The van der Waals surface area contributed by atoms with E-state index in [-0.39, 0.29) is 0 Å². The van der Waals surface area contributed by atoms with Crippen molar-refractivity contribution in [3.8, 4) is 5.75 Å². The van der Waals surface area contributed by atoms with E-state index < -0.39 is 0 Å². The molecule has 1 aliphatic heterocycles. The fourth-order valence-electron chi connectivity index (χ4n) is 3.11. The van der Waals surface area contributed by atoms with Crippen molar-refractivity contribution >= 4 is 28.7 Å². The van der Waals surface area contributed by atoms with Gasteiger partial charge < -0.3 is 25.0 Å². The van der Waals surface area contributed by atoms with Gasteiger partial charge in [-0.25, -0.2) is 9.97 Å². The largest absolute Gasteiger partial charge is 0.497 e. The Morgan fingerprint density at radius 1 is 0.929 bits per heavy atom. The maximum absolute atomic E-state index is 5.47. The minimum atomic E-state index is 0.714. The van der Waals surface area contributed by atoms with E-state index in [9.17, 15) is 0 Å². The SMILES string of the molecule is COc1ccc(Nc2cc(Nc3ccccc3N3CCOCC3)ncn2)cc1. The molecule has 4 rings (SSSR count). The first-order valence-corrected chi connectivity index (χ1v) is 9.24. The molecular formula is C21H23N5O2. The van der Waals surface area contributed by atoms with Crippen LogP contribution in [0, 0.1) is 0 Å². The van der Waals surface area contributed by atoms with Crippen molar-refractivity contribution in [2.24, 2.45) is 0 Å². The van der Waals surface area contributed by atoms with Crippen molar-refractivity contribution < 1.29 is 9.47 Å². The van der Waals surface area contributed by atoms with E-state index in [0.29, 0.717) is 5.82 Å². The van der Waals surface area contributed by atoms with Crippen LogP contribution in [0.15, 0.2) is 60.9 Å². The number of hydrogen-bond acceptors (Lipinski definition) is 7. The maximum Gasteiger partial charge on any atom is 0.135 e. The predicted octanol–water partition coefficient (Wildman–Crippen LogP) is 3.81. The van der Waals surface area contributed by atoms with Gasteiger partial charge in [0.05, 0.1) is 31.7 Å². The molecule has 0 atom stereocenters. The van der Waals surface area contributed by atoms with Crippen LogP contribution in [0.2, 0.25) is 0 Å². The van der Waals surface area contributed by atoms with Gasteiger partial charge in [0, 0.05) is 24.8 Å². The summed E-state index contributed by atoms with van der Waals surface area (Å²) in [4.78, 5) is 11.0. The summed E-state index contributed by atoms with van der Waals surface area (Å²) in [5.41, 5.74) is 3.09. The number of nitrogens with one attached hydrogen (secondary N) is 2. The molecule has 0 aliphatic carbocycles. The van der Waals surface area contributed by atoms with Crippen LogP contribution in [0.3, 0.4) is 0 Å². The van der Waals surface area contributed by atoms with Crippen LogP contribution in [0.25, 0.3) is 0 Å². The molecule has 1 saturated heterocycles. The summed E-state index contributed by atoms with van der Waals surface area (Å²) in [6.07, 6.45) is 1.55. The fourth-order valence-corrected chi connectivity index (χ4v) is 3.11. The van der Waals surface area contributed by atoms with Gasteiger partial charge in [0.2, 0.25) is 0 Å². The molecule has 1 aliphatic rings. The summed E-state index contributed by atoms with van der Waals surface area (Å²) in [6.45, 7) is 3.26. The van der Waals surface area contributed by atoms with Gasteiger partial charge in [-0.2, -0.15) is 0 Å². The molecule has 0 radical (unpaired) electrons. The number of ether oxygens (including phenoxy) is 2. The molecule has 2 heterocycles. The minimum Gasteiger partial charge on any atom is -0.497 e. The van der Waals surface area contributed by atoms with E-state index in [0.717, 1.165) is 54.9 Å². The number of rotatable bonds is 6. The number of hydrogen-bond donors (Lipinski definition) is 2. The number of morpholine rings is 1. The molecule has 0 saturated carbocycles. The van der Waals surface area contributed by atoms with E-state index in [1.165, 1.54) is 0 Å². The third-order valence-corrected chi connectivity index (χ3v) is 4.55. The number of benzene rings is 2. The lowest BCUT2D eigenvalue weighted by atomic mass is 10.2. The van der Waals surface area contributed by atoms with Crippen molar-refractivity contribution in [2.45, 2.75) is 0 Å². The maximum atomic E-state index is 5.47. The van der Waals surface area contributed by atoms with E-state index >= 15 is 0 Å². The van der Waals surface area contributed by atoms with Gasteiger partial charge >= 0.3 is 0 Å². The highest BCUT2D eigenvalue weighted by Crippen LogP contribution is 2.29. The molecule has 28 heavy (non-hydrogen) atoms. The monoisotopic (exact) mass is 377 g/mol. The summed E-state index contributed by atoms with van der Waals surface area (Å²) in [5.74, 6) is 2.26. The summed E-state index contributed by atoms with van der Waals surface area (Å²) in [5, 5.41) is 6.71. The molecule has 0 amide bonds. The Bertz CT molecular complexity index is 911. The zero-order chi connectivity index (χ0) is 19.2. The van der Waals surface area contributed by atoms with E-state index in [4.69, 9.17) is 9.47 Å². The molecule has 144 valence electrons. The minimum absolute atomic E-state index is 0.714. The van der Waals surface area contributed by atoms with Crippen molar-refractivity contribution in [1.29, 1.82) is 0 Å². The predicted molar refractivity (Wildman–Crippen MR) is 111 cm³/mol. The summed E-state index contributed by atoms with van der Waals surface area (Å²) < 4.78 is 10.7. The van der Waals surface area contributed by atoms with E-state index in [1.807, 2.05) is 42.5 Å². The summed E-state index contributed by atoms with van der Waals surface area (Å²) in [7, 11) is 1.65. The Labute approximate surface area is 164 Å².